The summed E-state index contributed by atoms with van der Waals surface area (Å²) in [6.07, 6.45) is 2.08. The second-order valence-corrected chi connectivity index (χ2v) is 5.64. The minimum absolute atomic E-state index is 0.0474. The number of hydrogen-bond donors (Lipinski definition) is 1. The van der Waals surface area contributed by atoms with Crippen LogP contribution in [0, 0.1) is 0 Å². The Morgan fingerprint density at radius 3 is 2.63 bits per heavy atom. The van der Waals surface area contributed by atoms with Crippen LogP contribution in [-0.4, -0.2) is 20.5 Å². The van der Waals surface area contributed by atoms with Crippen LogP contribution in [-0.2, 0) is 0 Å². The molecule has 0 spiro atoms. The van der Waals surface area contributed by atoms with Crippen LogP contribution in [0.5, 0.6) is 0 Å². The zero-order chi connectivity index (χ0) is 13.4. The largest absolute Gasteiger partial charge is 0.344 e. The second kappa shape index (κ2) is 4.70. The van der Waals surface area contributed by atoms with Crippen LogP contribution in [0.3, 0.4) is 0 Å². The van der Waals surface area contributed by atoms with Crippen molar-refractivity contribution in [1.29, 1.82) is 0 Å². The molecule has 0 aliphatic heterocycles. The van der Waals surface area contributed by atoms with E-state index >= 15 is 0 Å². The molecular formula is C13H13N3O2S. The van der Waals surface area contributed by atoms with Gasteiger partial charge in [-0.2, -0.15) is 0 Å². The fraction of sp³-hybridized carbons (Fsp3) is 0.308. The molecule has 5 nitrogen and oxygen atoms in total. The maximum absolute atomic E-state index is 11.6. The van der Waals surface area contributed by atoms with Gasteiger partial charge in [0.05, 0.1) is 0 Å². The summed E-state index contributed by atoms with van der Waals surface area (Å²) in [6.45, 7) is 1.54. The predicted molar refractivity (Wildman–Crippen MR) is 71.7 cm³/mol. The molecule has 98 valence electrons. The van der Waals surface area contributed by atoms with Crippen LogP contribution in [0.25, 0.3) is 0 Å². The highest BCUT2D eigenvalue weighted by atomic mass is 32.2. The van der Waals surface area contributed by atoms with E-state index in [1.54, 1.807) is 23.6 Å². The maximum Gasteiger partial charge on any atom is 0.344 e. The van der Waals surface area contributed by atoms with Gasteiger partial charge in [-0.05, 0) is 43.7 Å². The molecule has 1 fully saturated rings. The third-order valence-electron chi connectivity index (χ3n) is 3.05. The Morgan fingerprint density at radius 1 is 1.37 bits per heavy atom. The Balaban J connectivity index is 1.85. The molecule has 1 aliphatic carbocycles. The summed E-state index contributed by atoms with van der Waals surface area (Å²) in [5.74, 6) is 0.0474. The highest BCUT2D eigenvalue weighted by Gasteiger charge is 2.28. The Hall–Kier alpha value is -1.82. The third kappa shape index (κ3) is 2.49. The molecule has 1 heterocycles. The number of hydrogen-bond acceptors (Lipinski definition) is 4. The van der Waals surface area contributed by atoms with Gasteiger partial charge in [0.15, 0.2) is 10.9 Å². The van der Waals surface area contributed by atoms with Crippen LogP contribution in [0.4, 0.5) is 0 Å². The molecule has 6 heteroatoms. The summed E-state index contributed by atoms with van der Waals surface area (Å²) in [4.78, 5) is 23.8. The molecule has 0 radical (unpaired) electrons. The number of aromatic nitrogens is 3. The number of carbonyl (C=O) groups excluding carboxylic acids is 1. The molecule has 3 rings (SSSR count). The highest BCUT2D eigenvalue weighted by molar-refractivity contribution is 7.99. The lowest BCUT2D eigenvalue weighted by Crippen LogP contribution is -2.15. The third-order valence-corrected chi connectivity index (χ3v) is 4.03. The fourth-order valence-corrected chi connectivity index (χ4v) is 2.78. The van der Waals surface area contributed by atoms with E-state index in [2.05, 4.69) is 10.2 Å². The number of aromatic amines is 1. The van der Waals surface area contributed by atoms with Gasteiger partial charge in [0.2, 0.25) is 0 Å². The van der Waals surface area contributed by atoms with Gasteiger partial charge in [0, 0.05) is 16.5 Å². The van der Waals surface area contributed by atoms with Gasteiger partial charge < -0.3 is 0 Å². The van der Waals surface area contributed by atoms with Crippen molar-refractivity contribution in [3.05, 3.63) is 40.3 Å². The molecule has 0 atom stereocenters. The van der Waals surface area contributed by atoms with Gasteiger partial charge in [-0.3, -0.25) is 9.36 Å². The standard InChI is InChI=1S/C13H13N3O2S/c1-8(17)9-2-6-11(7-3-9)19-13-15-14-12(18)16(13)10-4-5-10/h2-3,6-7,10H,4-5H2,1H3,(H,14,18). The lowest BCUT2D eigenvalue weighted by atomic mass is 10.2. The van der Waals surface area contributed by atoms with Crippen LogP contribution in [0.15, 0.2) is 39.1 Å². The summed E-state index contributed by atoms with van der Waals surface area (Å²) in [5, 5.41) is 7.23. The number of benzene rings is 1. The van der Waals surface area contributed by atoms with Crippen molar-refractivity contribution >= 4 is 17.5 Å². The number of nitrogens with one attached hydrogen (secondary N) is 1. The molecular weight excluding hydrogens is 262 g/mol. The van der Waals surface area contributed by atoms with E-state index in [1.165, 1.54) is 11.8 Å². The smallest absolute Gasteiger partial charge is 0.295 e. The molecule has 1 saturated carbocycles. The van der Waals surface area contributed by atoms with Gasteiger partial charge in [-0.1, -0.05) is 12.1 Å². The van der Waals surface area contributed by atoms with E-state index < -0.39 is 0 Å². The molecule has 0 amide bonds. The summed E-state index contributed by atoms with van der Waals surface area (Å²) >= 11 is 1.43. The number of H-pyrrole nitrogens is 1. The summed E-state index contributed by atoms with van der Waals surface area (Å²) in [7, 11) is 0. The lowest BCUT2D eigenvalue weighted by molar-refractivity contribution is 0.101. The van der Waals surface area contributed by atoms with Crippen molar-refractivity contribution in [2.45, 2.75) is 35.9 Å². The first-order chi connectivity index (χ1) is 9.15. The van der Waals surface area contributed by atoms with Crippen molar-refractivity contribution in [2.75, 3.05) is 0 Å². The minimum Gasteiger partial charge on any atom is -0.295 e. The van der Waals surface area contributed by atoms with Crippen molar-refractivity contribution in [3.63, 3.8) is 0 Å². The van der Waals surface area contributed by atoms with E-state index in [9.17, 15) is 9.59 Å². The Kier molecular flexibility index (Phi) is 3.02. The molecule has 1 aromatic carbocycles. The van der Waals surface area contributed by atoms with Crippen molar-refractivity contribution in [1.82, 2.24) is 14.8 Å². The molecule has 1 aromatic heterocycles. The van der Waals surface area contributed by atoms with Gasteiger partial charge in [0.25, 0.3) is 0 Å². The first-order valence-electron chi connectivity index (χ1n) is 6.11. The topological polar surface area (TPSA) is 67.8 Å². The summed E-state index contributed by atoms with van der Waals surface area (Å²) < 4.78 is 1.71. The first kappa shape index (κ1) is 12.2. The SMILES string of the molecule is CC(=O)c1ccc(Sc2n[nH]c(=O)n2C2CC2)cc1. The van der Waals surface area contributed by atoms with E-state index in [1.807, 2.05) is 12.1 Å². The normalized spacial score (nSPS) is 14.6. The van der Waals surface area contributed by atoms with Crippen LogP contribution < -0.4 is 5.69 Å². The second-order valence-electron chi connectivity index (χ2n) is 4.60. The van der Waals surface area contributed by atoms with Gasteiger partial charge in [-0.25, -0.2) is 9.89 Å². The molecule has 0 bridgehead atoms. The monoisotopic (exact) mass is 275 g/mol. The Bertz CT molecular complexity index is 668. The molecule has 2 aromatic rings. The average Bonchev–Trinajstić information content (AvgIpc) is 3.16. The van der Waals surface area contributed by atoms with Crippen molar-refractivity contribution in [3.8, 4) is 0 Å². The Morgan fingerprint density at radius 2 is 2.05 bits per heavy atom. The zero-order valence-corrected chi connectivity index (χ0v) is 11.2. The molecule has 0 unspecified atom stereocenters. The van der Waals surface area contributed by atoms with E-state index in [4.69, 9.17) is 0 Å². The predicted octanol–water partition coefficient (Wildman–Crippen LogP) is 2.26. The van der Waals surface area contributed by atoms with Gasteiger partial charge >= 0.3 is 5.69 Å². The van der Waals surface area contributed by atoms with E-state index in [0.29, 0.717) is 16.8 Å². The number of carbonyl (C=O) groups is 1. The molecule has 1 aliphatic rings. The van der Waals surface area contributed by atoms with Crippen molar-refractivity contribution in [2.24, 2.45) is 0 Å². The Labute approximate surface area is 114 Å². The lowest BCUT2D eigenvalue weighted by Gasteiger charge is -2.03. The summed E-state index contributed by atoms with van der Waals surface area (Å²) in [6, 6.07) is 7.62. The number of nitrogens with zero attached hydrogens (tertiary/aromatic N) is 2. The van der Waals surface area contributed by atoms with Crippen LogP contribution >= 0.6 is 11.8 Å². The number of Topliss-reactive ketones (excluding diaryl/α,β-unsaturated/α-hetero) is 1. The first-order valence-corrected chi connectivity index (χ1v) is 6.92. The highest BCUT2D eigenvalue weighted by Crippen LogP contribution is 2.37. The molecule has 1 N–H and O–H groups in total. The zero-order valence-electron chi connectivity index (χ0n) is 10.4. The van der Waals surface area contributed by atoms with Crippen LogP contribution in [0.2, 0.25) is 0 Å². The minimum atomic E-state index is -0.148. The molecule has 19 heavy (non-hydrogen) atoms. The quantitative estimate of drug-likeness (QED) is 0.869. The maximum atomic E-state index is 11.6. The number of ketones is 1. The van der Waals surface area contributed by atoms with Gasteiger partial charge in [-0.15, -0.1) is 5.10 Å². The summed E-state index contributed by atoms with van der Waals surface area (Å²) in [5.41, 5.74) is 0.538. The average molecular weight is 275 g/mol. The number of rotatable bonds is 4. The van der Waals surface area contributed by atoms with E-state index in [0.717, 1.165) is 17.7 Å². The van der Waals surface area contributed by atoms with Crippen molar-refractivity contribution < 1.29 is 4.79 Å². The molecule has 0 saturated heterocycles. The van der Waals surface area contributed by atoms with E-state index in [-0.39, 0.29) is 11.5 Å². The van der Waals surface area contributed by atoms with Gasteiger partial charge in [0.1, 0.15) is 0 Å². The fourth-order valence-electron chi connectivity index (χ4n) is 1.88. The van der Waals surface area contributed by atoms with Crippen LogP contribution in [0.1, 0.15) is 36.2 Å².